The minimum Gasteiger partial charge on any atom is -0.348 e. The van der Waals surface area contributed by atoms with E-state index in [9.17, 15) is 4.79 Å². The monoisotopic (exact) mass is 330 g/mol. The molecule has 0 spiro atoms. The molecule has 5 nitrogen and oxygen atoms in total. The van der Waals surface area contributed by atoms with Gasteiger partial charge in [0.2, 0.25) is 5.91 Å². The van der Waals surface area contributed by atoms with E-state index < -0.39 is 0 Å². The minimum absolute atomic E-state index is 0.0642. The second kappa shape index (κ2) is 6.66. The molecule has 3 rings (SSSR count). The van der Waals surface area contributed by atoms with Gasteiger partial charge in [-0.25, -0.2) is 0 Å². The van der Waals surface area contributed by atoms with E-state index in [4.69, 9.17) is 12.2 Å². The Morgan fingerprint density at radius 1 is 1.39 bits per heavy atom. The third-order valence-electron chi connectivity index (χ3n) is 4.25. The lowest BCUT2D eigenvalue weighted by Gasteiger charge is -2.17. The number of aromatic nitrogens is 3. The van der Waals surface area contributed by atoms with Crippen molar-refractivity contribution in [2.45, 2.75) is 45.2 Å². The molecule has 1 aliphatic carbocycles. The first-order chi connectivity index (χ1) is 11.1. The maximum atomic E-state index is 12.7. The van der Waals surface area contributed by atoms with Gasteiger partial charge in [-0.05, 0) is 50.4 Å². The Hall–Kier alpha value is -1.95. The molecule has 1 aliphatic rings. The van der Waals surface area contributed by atoms with E-state index in [2.05, 4.69) is 15.5 Å². The Morgan fingerprint density at radius 3 is 2.70 bits per heavy atom. The van der Waals surface area contributed by atoms with Gasteiger partial charge in [-0.3, -0.25) is 9.89 Å². The molecule has 1 atom stereocenters. The van der Waals surface area contributed by atoms with E-state index >= 15 is 0 Å². The molecule has 1 fully saturated rings. The summed E-state index contributed by atoms with van der Waals surface area (Å²) in [5.41, 5.74) is 1.09. The molecule has 1 heterocycles. The molecule has 2 aromatic rings. The Morgan fingerprint density at radius 2 is 2.09 bits per heavy atom. The number of aromatic amines is 1. The summed E-state index contributed by atoms with van der Waals surface area (Å²) in [6.07, 6.45) is 2.25. The third-order valence-corrected chi connectivity index (χ3v) is 4.54. The van der Waals surface area contributed by atoms with Gasteiger partial charge in [-0.15, -0.1) is 0 Å². The molecule has 1 amide bonds. The first kappa shape index (κ1) is 15.9. The Labute approximate surface area is 141 Å². The lowest BCUT2D eigenvalue weighted by atomic mass is 9.93. The fraction of sp³-hybridized carbons (Fsp3) is 0.471. The van der Waals surface area contributed by atoms with Crippen LogP contribution in [0.5, 0.6) is 0 Å². The van der Waals surface area contributed by atoms with Crippen molar-refractivity contribution in [2.24, 2.45) is 5.92 Å². The van der Waals surface area contributed by atoms with Crippen molar-refractivity contribution >= 4 is 18.1 Å². The lowest BCUT2D eigenvalue weighted by molar-refractivity contribution is -0.123. The summed E-state index contributed by atoms with van der Waals surface area (Å²) in [5, 5.41) is 10.1. The number of hydrogen-bond acceptors (Lipinski definition) is 3. The van der Waals surface area contributed by atoms with E-state index in [0.29, 0.717) is 17.2 Å². The minimum atomic E-state index is -0.0642. The van der Waals surface area contributed by atoms with Gasteiger partial charge >= 0.3 is 0 Å². The van der Waals surface area contributed by atoms with Gasteiger partial charge < -0.3 is 9.88 Å². The largest absolute Gasteiger partial charge is 0.348 e. The molecule has 0 bridgehead atoms. The molecule has 6 heteroatoms. The van der Waals surface area contributed by atoms with Crippen molar-refractivity contribution in [3.8, 4) is 0 Å². The summed E-state index contributed by atoms with van der Waals surface area (Å²) in [6.45, 7) is 4.49. The summed E-state index contributed by atoms with van der Waals surface area (Å²) in [7, 11) is 0. The molecule has 1 aromatic heterocycles. The van der Waals surface area contributed by atoms with Gasteiger partial charge in [0.05, 0.1) is 12.5 Å². The molecule has 122 valence electrons. The standard InChI is InChI=1S/C17H22N4OS/c1-11(2)21-14(19-20-17(21)23)10-18-16(22)15(13-8-9-13)12-6-4-3-5-7-12/h3-7,11,13,15H,8-10H2,1-2H3,(H,18,22)(H,20,23). The van der Waals surface area contributed by atoms with Crippen LogP contribution < -0.4 is 5.32 Å². The summed E-state index contributed by atoms with van der Waals surface area (Å²) in [4.78, 5) is 12.7. The van der Waals surface area contributed by atoms with Crippen LogP contribution in [0.2, 0.25) is 0 Å². The average Bonchev–Trinajstić information content (AvgIpc) is 3.28. The molecule has 1 aromatic carbocycles. The number of nitrogens with one attached hydrogen (secondary N) is 2. The van der Waals surface area contributed by atoms with Gasteiger partial charge in [0.1, 0.15) is 0 Å². The quantitative estimate of drug-likeness (QED) is 0.799. The second-order valence-electron chi connectivity index (χ2n) is 6.35. The summed E-state index contributed by atoms with van der Waals surface area (Å²) >= 11 is 5.24. The molecule has 2 N–H and O–H groups in total. The normalized spacial score (nSPS) is 15.6. The maximum absolute atomic E-state index is 12.7. The highest BCUT2D eigenvalue weighted by Gasteiger charge is 2.37. The van der Waals surface area contributed by atoms with E-state index in [-0.39, 0.29) is 17.9 Å². The van der Waals surface area contributed by atoms with Gasteiger partial charge in [-0.1, -0.05) is 30.3 Å². The van der Waals surface area contributed by atoms with E-state index in [1.807, 2.05) is 48.7 Å². The maximum Gasteiger partial charge on any atom is 0.228 e. The van der Waals surface area contributed by atoms with Crippen molar-refractivity contribution in [2.75, 3.05) is 0 Å². The van der Waals surface area contributed by atoms with Crippen LogP contribution in [0.1, 0.15) is 50.0 Å². The Balaban J connectivity index is 1.72. The van der Waals surface area contributed by atoms with Crippen molar-refractivity contribution < 1.29 is 4.79 Å². The summed E-state index contributed by atoms with van der Waals surface area (Å²) < 4.78 is 2.52. The molecule has 0 radical (unpaired) electrons. The van der Waals surface area contributed by atoms with E-state index in [1.165, 1.54) is 0 Å². The zero-order chi connectivity index (χ0) is 16.4. The predicted octanol–water partition coefficient (Wildman–Crippen LogP) is 3.33. The van der Waals surface area contributed by atoms with Crippen LogP contribution in [0.4, 0.5) is 0 Å². The smallest absolute Gasteiger partial charge is 0.228 e. The zero-order valence-electron chi connectivity index (χ0n) is 13.5. The highest BCUT2D eigenvalue weighted by atomic mass is 32.1. The summed E-state index contributed by atoms with van der Waals surface area (Å²) in [6, 6.07) is 10.2. The van der Waals surface area contributed by atoms with Crippen LogP contribution in [-0.4, -0.2) is 20.7 Å². The van der Waals surface area contributed by atoms with Crippen molar-refractivity contribution in [3.05, 3.63) is 46.5 Å². The lowest BCUT2D eigenvalue weighted by Crippen LogP contribution is -2.31. The molecule has 0 saturated heterocycles. The molecule has 1 saturated carbocycles. The van der Waals surface area contributed by atoms with Crippen LogP contribution >= 0.6 is 12.2 Å². The fourth-order valence-electron chi connectivity index (χ4n) is 3.00. The predicted molar refractivity (Wildman–Crippen MR) is 91.6 cm³/mol. The van der Waals surface area contributed by atoms with Crippen molar-refractivity contribution in [3.63, 3.8) is 0 Å². The molecule has 23 heavy (non-hydrogen) atoms. The molecular weight excluding hydrogens is 308 g/mol. The topological polar surface area (TPSA) is 62.7 Å². The number of amides is 1. The average molecular weight is 330 g/mol. The van der Waals surface area contributed by atoms with Gasteiger partial charge in [0.25, 0.3) is 0 Å². The molecule has 1 unspecified atom stereocenters. The first-order valence-electron chi connectivity index (χ1n) is 8.06. The van der Waals surface area contributed by atoms with E-state index in [1.54, 1.807) is 0 Å². The number of rotatable bonds is 6. The number of benzene rings is 1. The second-order valence-corrected chi connectivity index (χ2v) is 6.74. The van der Waals surface area contributed by atoms with Gasteiger partial charge in [-0.2, -0.15) is 5.10 Å². The van der Waals surface area contributed by atoms with Crippen LogP contribution in [0, 0.1) is 10.7 Å². The van der Waals surface area contributed by atoms with Gasteiger partial charge in [0.15, 0.2) is 10.6 Å². The number of H-pyrrole nitrogens is 1. The highest BCUT2D eigenvalue weighted by Crippen LogP contribution is 2.42. The van der Waals surface area contributed by atoms with E-state index in [0.717, 1.165) is 24.2 Å². The number of carbonyl (C=O) groups excluding carboxylic acids is 1. The number of nitrogens with zero attached hydrogens (tertiary/aromatic N) is 2. The van der Waals surface area contributed by atoms with Crippen molar-refractivity contribution in [1.29, 1.82) is 0 Å². The summed E-state index contributed by atoms with van der Waals surface area (Å²) in [5.74, 6) is 1.23. The molecular formula is C17H22N4OS. The first-order valence-corrected chi connectivity index (χ1v) is 8.47. The van der Waals surface area contributed by atoms with Crippen LogP contribution in [0.15, 0.2) is 30.3 Å². The van der Waals surface area contributed by atoms with Crippen LogP contribution in [0.3, 0.4) is 0 Å². The van der Waals surface area contributed by atoms with Crippen LogP contribution in [0.25, 0.3) is 0 Å². The van der Waals surface area contributed by atoms with Crippen LogP contribution in [-0.2, 0) is 11.3 Å². The highest BCUT2D eigenvalue weighted by molar-refractivity contribution is 7.71. The fourth-order valence-corrected chi connectivity index (χ4v) is 3.36. The number of hydrogen-bond donors (Lipinski definition) is 2. The third kappa shape index (κ3) is 3.52. The van der Waals surface area contributed by atoms with Crippen molar-refractivity contribution in [1.82, 2.24) is 20.1 Å². The molecule has 0 aliphatic heterocycles. The zero-order valence-corrected chi connectivity index (χ0v) is 14.3. The number of carbonyl (C=O) groups is 1. The SMILES string of the molecule is CC(C)n1c(CNC(=O)C(c2ccccc2)C2CC2)n[nH]c1=S. The Bertz CT molecular complexity index is 731. The van der Waals surface area contributed by atoms with Gasteiger partial charge in [0, 0.05) is 6.04 Å². The Kier molecular flexibility index (Phi) is 4.61.